The number of carbonyl (C=O) groups excluding carboxylic acids is 3. The van der Waals surface area contributed by atoms with Gasteiger partial charge in [0.1, 0.15) is 17.4 Å². The van der Waals surface area contributed by atoms with Gasteiger partial charge in [-0.15, -0.1) is 0 Å². The normalized spacial score (nSPS) is 19.8. The summed E-state index contributed by atoms with van der Waals surface area (Å²) in [4.78, 5) is 41.6. The average Bonchev–Trinajstić information content (AvgIpc) is 2.90. The Morgan fingerprint density at radius 1 is 1.28 bits per heavy atom. The number of amides is 2. The summed E-state index contributed by atoms with van der Waals surface area (Å²) < 4.78 is 6.05. The second-order valence-corrected chi connectivity index (χ2v) is 9.97. The van der Waals surface area contributed by atoms with E-state index < -0.39 is 0 Å². The van der Waals surface area contributed by atoms with Gasteiger partial charge in [0, 0.05) is 42.0 Å². The predicted octanol–water partition coefficient (Wildman–Crippen LogP) is 2.62. The summed E-state index contributed by atoms with van der Waals surface area (Å²) in [5.74, 6) is 5.56. The molecule has 2 aliphatic rings. The van der Waals surface area contributed by atoms with Gasteiger partial charge in [-0.1, -0.05) is 0 Å². The lowest BCUT2D eigenvalue weighted by Crippen LogP contribution is -2.53. The van der Waals surface area contributed by atoms with Crippen LogP contribution in [0.3, 0.4) is 0 Å². The molecule has 1 saturated heterocycles. The van der Waals surface area contributed by atoms with Crippen LogP contribution in [-0.2, 0) is 29.0 Å². The number of nitrogens with two attached hydrogens (primary N) is 1. The molecule has 1 aromatic heterocycles. The van der Waals surface area contributed by atoms with Gasteiger partial charge >= 0.3 is 0 Å². The van der Waals surface area contributed by atoms with Crippen LogP contribution in [0.5, 0.6) is 5.75 Å². The molecule has 0 radical (unpaired) electrons. The van der Waals surface area contributed by atoms with Gasteiger partial charge in [-0.3, -0.25) is 19.4 Å². The summed E-state index contributed by atoms with van der Waals surface area (Å²) in [6.07, 6.45) is 5.71. The number of aromatic nitrogens is 1. The minimum absolute atomic E-state index is 0.248. The van der Waals surface area contributed by atoms with Crippen LogP contribution in [0.4, 0.5) is 0 Å². The number of hydrogen-bond donors (Lipinski definition) is 2. The molecule has 0 bridgehead atoms. The maximum Gasteiger partial charge on any atom is 0.251 e. The zero-order valence-corrected chi connectivity index (χ0v) is 21.1. The third-order valence-electron chi connectivity index (χ3n) is 6.75. The van der Waals surface area contributed by atoms with Gasteiger partial charge in [-0.25, -0.2) is 0 Å². The van der Waals surface area contributed by atoms with E-state index >= 15 is 0 Å². The summed E-state index contributed by atoms with van der Waals surface area (Å²) in [6, 6.07) is 8.82. The number of piperidine rings is 1. The molecule has 2 heterocycles. The molecular weight excluding hydrogens is 478 g/mol. The van der Waals surface area contributed by atoms with Gasteiger partial charge in [0.05, 0.1) is 0 Å². The number of fused-ring (bicyclic) bond motifs is 1. The van der Waals surface area contributed by atoms with E-state index in [1.54, 1.807) is 29.2 Å². The average molecular weight is 510 g/mol. The first-order chi connectivity index (χ1) is 17.5. The zero-order chi connectivity index (χ0) is 25.5. The summed E-state index contributed by atoms with van der Waals surface area (Å²) >= 11 is 0.867. The monoisotopic (exact) mass is 509 g/mol. The molecule has 3 N–H and O–H groups in total. The van der Waals surface area contributed by atoms with Crippen LogP contribution in [0.25, 0.3) is 0 Å². The number of ether oxygens (including phenoxy) is 1. The Morgan fingerprint density at radius 2 is 2.06 bits per heavy atom. The lowest BCUT2D eigenvalue weighted by molar-refractivity contribution is -0.119. The van der Waals surface area contributed by atoms with Crippen LogP contribution >= 0.6 is 11.8 Å². The first-order valence-corrected chi connectivity index (χ1v) is 13.0. The molecule has 10 heteroatoms. The van der Waals surface area contributed by atoms with E-state index in [0.29, 0.717) is 48.1 Å². The number of benzene rings is 1. The molecule has 190 valence electrons. The highest BCUT2D eigenvalue weighted by Crippen LogP contribution is 2.26. The topological polar surface area (TPSA) is 127 Å². The third-order valence-corrected chi connectivity index (χ3v) is 7.50. The Hall–Kier alpha value is -3.40. The second kappa shape index (κ2) is 12.0. The fourth-order valence-electron chi connectivity index (χ4n) is 4.95. The molecule has 9 nitrogen and oxygen atoms in total. The molecule has 0 spiro atoms. The van der Waals surface area contributed by atoms with Crippen molar-refractivity contribution in [3.05, 3.63) is 58.4 Å². The molecule has 2 amide bonds. The van der Waals surface area contributed by atoms with E-state index in [9.17, 15) is 14.4 Å². The largest absolute Gasteiger partial charge is 0.489 e. The van der Waals surface area contributed by atoms with Crippen LogP contribution in [0.2, 0.25) is 0 Å². The minimum atomic E-state index is -0.356. The number of pyridine rings is 1. The Balaban J connectivity index is 1.40. The van der Waals surface area contributed by atoms with Crippen LogP contribution < -0.4 is 15.9 Å². The van der Waals surface area contributed by atoms with Crippen molar-refractivity contribution in [3.8, 4) is 5.75 Å². The van der Waals surface area contributed by atoms with Gasteiger partial charge in [0.25, 0.3) is 5.91 Å². The van der Waals surface area contributed by atoms with Crippen molar-refractivity contribution in [3.63, 3.8) is 0 Å². The summed E-state index contributed by atoms with van der Waals surface area (Å²) in [5, 5.41) is 7.14. The van der Waals surface area contributed by atoms with Crippen molar-refractivity contribution in [1.82, 2.24) is 15.2 Å². The van der Waals surface area contributed by atoms with Crippen LogP contribution in [0.15, 0.2) is 35.4 Å². The second-order valence-electron chi connectivity index (χ2n) is 9.13. The number of thioether (sulfide) groups is 1. The fourth-order valence-corrected chi connectivity index (χ4v) is 5.52. The van der Waals surface area contributed by atoms with E-state index in [2.05, 4.69) is 16.5 Å². The zero-order valence-electron chi connectivity index (χ0n) is 20.3. The highest BCUT2D eigenvalue weighted by molar-refractivity contribution is 8.24. The number of hydrazone groups is 1. The number of aryl methyl sites for hydroxylation is 2. The van der Waals surface area contributed by atoms with Crippen molar-refractivity contribution >= 4 is 34.7 Å². The maximum atomic E-state index is 13.0. The standard InChI is InChI=1S/C26H31N5O4S/c1-17-12-19(21-4-2-3-5-23(21)28-17)14-35-20-8-6-18(7-9-20)25(34)29-24-10-11-31(15-32)13-22(24)26(30-27)36-16-33/h6-9,12,15-16,22,24H,2-5,10-11,13-14,27H2,1H3,(H,29,34)/b30-26-. The van der Waals surface area contributed by atoms with Gasteiger partial charge in [-0.05, 0) is 92.2 Å². The molecule has 1 aliphatic heterocycles. The number of carbonyl (C=O) groups is 3. The Kier molecular flexibility index (Phi) is 8.58. The molecular formula is C26H31N5O4S. The van der Waals surface area contributed by atoms with Crippen LogP contribution in [0, 0.1) is 12.8 Å². The predicted molar refractivity (Wildman–Crippen MR) is 139 cm³/mol. The SMILES string of the molecule is Cc1cc(COc2ccc(C(=O)NC3CCN(C=O)CC3/C(=N/N)SC=O)cc2)c2c(n1)CCCC2. The van der Waals surface area contributed by atoms with Gasteiger partial charge in [0.15, 0.2) is 5.62 Å². The third kappa shape index (κ3) is 6.04. The molecule has 4 rings (SSSR count). The van der Waals surface area contributed by atoms with Crippen molar-refractivity contribution in [2.75, 3.05) is 13.1 Å². The number of nitrogens with one attached hydrogen (secondary N) is 1. The Labute approximate surface area is 214 Å². The summed E-state index contributed by atoms with van der Waals surface area (Å²) in [7, 11) is 0. The molecule has 36 heavy (non-hydrogen) atoms. The molecule has 0 saturated carbocycles. The number of likely N-dealkylation sites (tertiary alicyclic amines) is 1. The smallest absolute Gasteiger partial charge is 0.251 e. The summed E-state index contributed by atoms with van der Waals surface area (Å²) in [6.45, 7) is 3.30. The van der Waals surface area contributed by atoms with Crippen molar-refractivity contribution in [2.24, 2.45) is 16.9 Å². The molecule has 1 aliphatic carbocycles. The fraction of sp³-hybridized carbons (Fsp3) is 0.423. The molecule has 1 fully saturated rings. The molecule has 1 aromatic carbocycles. The number of nitrogens with zero attached hydrogens (tertiary/aromatic N) is 3. The molecule has 2 unspecified atom stereocenters. The van der Waals surface area contributed by atoms with Crippen molar-refractivity contribution in [1.29, 1.82) is 0 Å². The Morgan fingerprint density at radius 3 is 2.78 bits per heavy atom. The lowest BCUT2D eigenvalue weighted by Gasteiger charge is -2.37. The maximum absolute atomic E-state index is 13.0. The van der Waals surface area contributed by atoms with Crippen molar-refractivity contribution < 1.29 is 19.1 Å². The van der Waals surface area contributed by atoms with E-state index in [-0.39, 0.29) is 17.9 Å². The number of rotatable bonds is 8. The van der Waals surface area contributed by atoms with Crippen LogP contribution in [-0.4, -0.2) is 52.0 Å². The van der Waals surface area contributed by atoms with Gasteiger partial charge in [0.2, 0.25) is 6.41 Å². The van der Waals surface area contributed by atoms with Gasteiger partial charge in [-0.2, -0.15) is 5.10 Å². The van der Waals surface area contributed by atoms with E-state index in [4.69, 9.17) is 15.6 Å². The first kappa shape index (κ1) is 25.7. The lowest BCUT2D eigenvalue weighted by atomic mass is 9.92. The minimum Gasteiger partial charge on any atom is -0.489 e. The summed E-state index contributed by atoms with van der Waals surface area (Å²) in [5.41, 5.74) is 5.83. The molecule has 2 aromatic rings. The van der Waals surface area contributed by atoms with Crippen molar-refractivity contribution in [2.45, 2.75) is 51.7 Å². The first-order valence-electron chi connectivity index (χ1n) is 12.1. The van der Waals surface area contributed by atoms with Gasteiger partial charge < -0.3 is 20.8 Å². The quantitative estimate of drug-likeness (QED) is 0.184. The van der Waals surface area contributed by atoms with E-state index in [1.165, 1.54) is 29.7 Å². The molecule has 2 atom stereocenters. The number of hydrogen-bond acceptors (Lipinski definition) is 8. The Bertz CT molecular complexity index is 1140. The highest BCUT2D eigenvalue weighted by Gasteiger charge is 2.34. The van der Waals surface area contributed by atoms with E-state index in [0.717, 1.165) is 36.7 Å². The highest BCUT2D eigenvalue weighted by atomic mass is 32.2. The van der Waals surface area contributed by atoms with E-state index in [1.807, 2.05) is 6.92 Å². The van der Waals surface area contributed by atoms with Crippen LogP contribution in [0.1, 0.15) is 52.1 Å².